The summed E-state index contributed by atoms with van der Waals surface area (Å²) < 4.78 is 11.0. The summed E-state index contributed by atoms with van der Waals surface area (Å²) in [5.74, 6) is 1.65. The van der Waals surface area contributed by atoms with E-state index in [0.717, 1.165) is 47.9 Å². The third kappa shape index (κ3) is 7.63. The minimum atomic E-state index is 0. The zero-order chi connectivity index (χ0) is 21.9. The maximum Gasteiger partial charge on any atom is 0.191 e. The van der Waals surface area contributed by atoms with Crippen LogP contribution in [0.2, 0.25) is 0 Å². The van der Waals surface area contributed by atoms with Gasteiger partial charge in [0.15, 0.2) is 5.96 Å². The molecule has 2 N–H and O–H groups in total. The van der Waals surface area contributed by atoms with Gasteiger partial charge in [0.2, 0.25) is 0 Å². The monoisotopic (exact) mass is 548 g/mol. The second kappa shape index (κ2) is 13.9. The van der Waals surface area contributed by atoms with Crippen molar-refractivity contribution in [2.45, 2.75) is 26.8 Å². The summed E-state index contributed by atoms with van der Waals surface area (Å²) in [5, 5.41) is 7.93. The molecule has 0 amide bonds. The number of aliphatic imine (C=N–C) groups is 1. The number of pyridine rings is 1. The summed E-state index contributed by atoms with van der Waals surface area (Å²) in [6.45, 7) is 7.31. The molecule has 0 radical (unpaired) electrons. The lowest BCUT2D eigenvalue weighted by Gasteiger charge is -2.14. The largest absolute Gasteiger partial charge is 0.491 e. The second-order valence-electron chi connectivity index (χ2n) is 7.32. The number of hydrogen-bond donors (Lipinski definition) is 2. The van der Waals surface area contributed by atoms with E-state index in [0.29, 0.717) is 19.8 Å². The number of rotatable bonds is 10. The molecule has 3 aromatic rings. The van der Waals surface area contributed by atoms with Gasteiger partial charge in [-0.05, 0) is 43.5 Å². The molecule has 172 valence electrons. The molecule has 0 bridgehead atoms. The zero-order valence-corrected chi connectivity index (χ0v) is 21.4. The average molecular weight is 548 g/mol. The lowest BCUT2D eigenvalue weighted by Crippen LogP contribution is -2.38. The van der Waals surface area contributed by atoms with E-state index in [2.05, 4.69) is 65.9 Å². The van der Waals surface area contributed by atoms with Crippen LogP contribution in [0.3, 0.4) is 0 Å². The van der Waals surface area contributed by atoms with Crippen LogP contribution in [0.1, 0.15) is 23.6 Å². The van der Waals surface area contributed by atoms with Crippen molar-refractivity contribution in [3.63, 3.8) is 0 Å². The standard InChI is InChI=1S/C25H32N4O2.HI/c1-4-26-25(28-14-12-21-8-5-7-20-9-6-13-27-24(20)21)29-18-22-11-10-19(2)17-23(22)31-16-15-30-3;/h5-11,13,17H,4,12,14-16,18H2,1-3H3,(H2,26,28,29);1H. The molecule has 0 saturated carbocycles. The molecule has 0 fully saturated rings. The van der Waals surface area contributed by atoms with E-state index in [4.69, 9.17) is 14.5 Å². The number of benzene rings is 2. The van der Waals surface area contributed by atoms with Crippen LogP contribution in [0.25, 0.3) is 10.9 Å². The van der Waals surface area contributed by atoms with Gasteiger partial charge in [-0.2, -0.15) is 0 Å². The third-order valence-electron chi connectivity index (χ3n) is 4.92. The van der Waals surface area contributed by atoms with Crippen LogP contribution in [-0.4, -0.2) is 44.4 Å². The number of nitrogens with zero attached hydrogens (tertiary/aromatic N) is 2. The minimum absolute atomic E-state index is 0. The summed E-state index contributed by atoms with van der Waals surface area (Å²) in [6.07, 6.45) is 2.72. The van der Waals surface area contributed by atoms with Crippen molar-refractivity contribution in [3.8, 4) is 5.75 Å². The van der Waals surface area contributed by atoms with E-state index < -0.39 is 0 Å². The SMILES string of the molecule is CCNC(=NCc1ccc(C)cc1OCCOC)NCCc1cccc2cccnc12.I. The van der Waals surface area contributed by atoms with Crippen LogP contribution in [-0.2, 0) is 17.7 Å². The van der Waals surface area contributed by atoms with Gasteiger partial charge < -0.3 is 20.1 Å². The van der Waals surface area contributed by atoms with Crippen molar-refractivity contribution in [3.05, 3.63) is 71.4 Å². The van der Waals surface area contributed by atoms with E-state index in [-0.39, 0.29) is 24.0 Å². The quantitative estimate of drug-likeness (QED) is 0.169. The molecule has 0 aliphatic heterocycles. The Morgan fingerprint density at radius 1 is 1.03 bits per heavy atom. The highest BCUT2D eigenvalue weighted by Gasteiger charge is 2.06. The van der Waals surface area contributed by atoms with E-state index in [1.807, 2.05) is 18.3 Å². The highest BCUT2D eigenvalue weighted by Crippen LogP contribution is 2.21. The molecule has 0 spiro atoms. The van der Waals surface area contributed by atoms with Crippen molar-refractivity contribution >= 4 is 40.8 Å². The maximum absolute atomic E-state index is 5.89. The first-order valence-corrected chi connectivity index (χ1v) is 10.8. The molecular weight excluding hydrogens is 515 g/mol. The third-order valence-corrected chi connectivity index (χ3v) is 4.92. The molecule has 0 aliphatic rings. The highest BCUT2D eigenvalue weighted by molar-refractivity contribution is 14.0. The molecule has 2 aromatic carbocycles. The summed E-state index contributed by atoms with van der Waals surface area (Å²) in [7, 11) is 1.67. The van der Waals surface area contributed by atoms with Crippen LogP contribution >= 0.6 is 24.0 Å². The van der Waals surface area contributed by atoms with Gasteiger partial charge in [0, 0.05) is 37.3 Å². The molecule has 3 rings (SSSR count). The Morgan fingerprint density at radius 2 is 1.88 bits per heavy atom. The molecule has 1 heterocycles. The van der Waals surface area contributed by atoms with Crippen LogP contribution in [0.15, 0.2) is 59.7 Å². The zero-order valence-electron chi connectivity index (χ0n) is 19.1. The number of fused-ring (bicyclic) bond motifs is 1. The smallest absolute Gasteiger partial charge is 0.191 e. The molecule has 0 atom stereocenters. The molecule has 0 unspecified atom stereocenters. The fourth-order valence-electron chi connectivity index (χ4n) is 3.35. The van der Waals surface area contributed by atoms with E-state index in [1.54, 1.807) is 7.11 Å². The first-order valence-electron chi connectivity index (χ1n) is 10.8. The molecule has 7 heteroatoms. The highest BCUT2D eigenvalue weighted by atomic mass is 127. The lowest BCUT2D eigenvalue weighted by molar-refractivity contribution is 0.145. The van der Waals surface area contributed by atoms with Crippen molar-refractivity contribution in [1.82, 2.24) is 15.6 Å². The van der Waals surface area contributed by atoms with Crippen molar-refractivity contribution in [2.75, 3.05) is 33.4 Å². The van der Waals surface area contributed by atoms with Gasteiger partial charge in [0.05, 0.1) is 18.7 Å². The number of halogens is 1. The fourth-order valence-corrected chi connectivity index (χ4v) is 3.35. The molecule has 6 nitrogen and oxygen atoms in total. The van der Waals surface area contributed by atoms with Gasteiger partial charge in [0.25, 0.3) is 0 Å². The summed E-state index contributed by atoms with van der Waals surface area (Å²) in [6, 6.07) is 16.6. The van der Waals surface area contributed by atoms with Crippen LogP contribution in [0.4, 0.5) is 0 Å². The molecule has 0 saturated heterocycles. The number of aryl methyl sites for hydroxylation is 1. The first-order chi connectivity index (χ1) is 15.2. The summed E-state index contributed by atoms with van der Waals surface area (Å²) >= 11 is 0. The van der Waals surface area contributed by atoms with Gasteiger partial charge in [-0.15, -0.1) is 24.0 Å². The van der Waals surface area contributed by atoms with Crippen molar-refractivity contribution < 1.29 is 9.47 Å². The topological polar surface area (TPSA) is 67.8 Å². The Balaban J connectivity index is 0.00000363. The fraction of sp³-hybridized carbons (Fsp3) is 0.360. The predicted octanol–water partition coefficient (Wildman–Crippen LogP) is 4.48. The summed E-state index contributed by atoms with van der Waals surface area (Å²) in [4.78, 5) is 9.31. The van der Waals surface area contributed by atoms with Crippen molar-refractivity contribution in [2.24, 2.45) is 4.99 Å². The Bertz CT molecular complexity index is 1000. The van der Waals surface area contributed by atoms with E-state index in [1.165, 1.54) is 10.9 Å². The Morgan fingerprint density at radius 3 is 2.69 bits per heavy atom. The number of aromatic nitrogens is 1. The number of guanidine groups is 1. The minimum Gasteiger partial charge on any atom is -0.491 e. The number of nitrogens with one attached hydrogen (secondary N) is 2. The normalized spacial score (nSPS) is 11.2. The number of para-hydroxylation sites is 1. The number of methoxy groups -OCH3 is 1. The van der Waals surface area contributed by atoms with Gasteiger partial charge in [0.1, 0.15) is 12.4 Å². The number of ether oxygens (including phenoxy) is 2. The summed E-state index contributed by atoms with van der Waals surface area (Å²) in [5.41, 5.74) is 4.51. The van der Waals surface area contributed by atoms with Crippen LogP contribution < -0.4 is 15.4 Å². The Kier molecular flexibility index (Phi) is 11.2. The molecule has 32 heavy (non-hydrogen) atoms. The van der Waals surface area contributed by atoms with Gasteiger partial charge >= 0.3 is 0 Å². The van der Waals surface area contributed by atoms with Gasteiger partial charge in [-0.3, -0.25) is 4.98 Å². The molecular formula is C25H33IN4O2. The Hall–Kier alpha value is -2.39. The maximum atomic E-state index is 5.89. The lowest BCUT2D eigenvalue weighted by atomic mass is 10.1. The van der Waals surface area contributed by atoms with Crippen molar-refractivity contribution in [1.29, 1.82) is 0 Å². The van der Waals surface area contributed by atoms with Crippen LogP contribution in [0, 0.1) is 6.92 Å². The van der Waals surface area contributed by atoms with Gasteiger partial charge in [-0.1, -0.05) is 36.4 Å². The molecule has 0 aliphatic carbocycles. The first kappa shape index (κ1) is 25.9. The van der Waals surface area contributed by atoms with Gasteiger partial charge in [-0.25, -0.2) is 4.99 Å². The molecule has 1 aromatic heterocycles. The second-order valence-corrected chi connectivity index (χ2v) is 7.32. The average Bonchev–Trinajstić information content (AvgIpc) is 2.78. The predicted molar refractivity (Wildman–Crippen MR) is 142 cm³/mol. The number of hydrogen-bond acceptors (Lipinski definition) is 4. The van der Waals surface area contributed by atoms with E-state index >= 15 is 0 Å². The Labute approximate surface area is 207 Å². The van der Waals surface area contributed by atoms with Crippen LogP contribution in [0.5, 0.6) is 5.75 Å². The van der Waals surface area contributed by atoms with E-state index in [9.17, 15) is 0 Å².